The Morgan fingerprint density at radius 3 is 1.30 bits per heavy atom. The first-order valence-corrected chi connectivity index (χ1v) is 25.5. The summed E-state index contributed by atoms with van der Waals surface area (Å²) in [5, 5.41) is 89.2. The van der Waals surface area contributed by atoms with Crippen LogP contribution in [0.25, 0.3) is 12.2 Å². The SMILES string of the molecule is Cc1cc(Nc2nc(Nc3cc(S(=O)(=O)[O-])ccc3SOO[O-])nc(NC(CC(=O)[O-])C(=O)[O-])n2)ccc1/C=C/c1ccc(Nc2nc(Nc3cc(SOO[O-])ccc3S(=O)(=O)[O-])nc(NC(CC(=O)[O-])C(=O)[O-])n2)cc1C.[Na+].[Na+].[Na+].[Na+].[Na+].[Na+].[Na+].[Na+]. The number of hydrogen-bond donors (Lipinski definition) is 6. The third-order valence-corrected chi connectivity index (χ3v) is 12.9. The third-order valence-electron chi connectivity index (χ3n) is 9.95. The van der Waals surface area contributed by atoms with Crippen LogP contribution in [0.4, 0.5) is 58.4 Å². The molecule has 0 bridgehead atoms. The molecule has 2 unspecified atom stereocenters. The number of aliphatic carboxylic acids is 4. The molecule has 0 aliphatic carbocycles. The fourth-order valence-corrected chi connectivity index (χ4v) is 8.44. The molecule has 6 N–H and O–H groups in total. The standard InChI is InChI=1S/C42H40N12O20S4.8Na/c1-19-13-23(43-37-49-39(53-41(51-37)47-29(35(59)60)17-33(55)56)45-27-16-26(77(65,66)67)10-11-31(27)76-74-72-64)7-5-21(19)3-4-22-6-8-24(14-20(22)2)44-38-50-40(54-42(52-38)48-30(36(61)62)18-34(57)58)46-28-15-25(75-73-71-63)9-12-32(28)78(68,69)70;;;;;;;;/h3-16,29-30,63-64H,17-18H2,1-2H3,(H,55,56)(H,57,58)(H,59,60)(H,61,62)(H,65,66,67)(H,68,69,70)(H3,43,45,47,49,51,53)(H3,44,46,48,50,52,54);;;;;;;;/q;8*+1/p-8/b4-3+;;;;;;;;. The molecule has 0 spiro atoms. The second kappa shape index (κ2) is 42.8. The molecule has 0 amide bonds. The van der Waals surface area contributed by atoms with Crippen LogP contribution in [-0.2, 0) is 58.2 Å². The first-order valence-electron chi connectivity index (χ1n) is 21.2. The third kappa shape index (κ3) is 28.9. The van der Waals surface area contributed by atoms with E-state index >= 15 is 0 Å². The van der Waals surface area contributed by atoms with E-state index in [9.17, 15) is 76.1 Å². The number of aryl methyl sites for hydroxylation is 2. The van der Waals surface area contributed by atoms with Crippen LogP contribution in [-0.4, -0.2) is 91.8 Å². The van der Waals surface area contributed by atoms with Crippen molar-refractivity contribution < 1.29 is 331 Å². The summed E-state index contributed by atoms with van der Waals surface area (Å²) >= 11 is 0.642. The molecule has 0 saturated carbocycles. The van der Waals surface area contributed by atoms with E-state index in [0.29, 0.717) is 57.7 Å². The molecule has 44 heteroatoms. The first-order chi connectivity index (χ1) is 36.9. The zero-order valence-corrected chi connectivity index (χ0v) is 66.4. The van der Waals surface area contributed by atoms with Crippen molar-refractivity contribution in [1.82, 2.24) is 29.9 Å². The molecule has 0 fully saturated rings. The van der Waals surface area contributed by atoms with Crippen molar-refractivity contribution in [2.45, 2.75) is 58.4 Å². The van der Waals surface area contributed by atoms with Gasteiger partial charge < -0.3 is 91.1 Å². The Labute approximate surface area is 674 Å². The number of carboxylic acid groups (broad SMARTS) is 4. The van der Waals surface area contributed by atoms with Crippen molar-refractivity contribution >= 4 is 139 Å². The van der Waals surface area contributed by atoms with Gasteiger partial charge in [-0.3, -0.25) is 10.1 Å². The van der Waals surface area contributed by atoms with Gasteiger partial charge in [0, 0.05) is 41.1 Å². The number of nitrogens with zero attached hydrogens (tertiary/aromatic N) is 6. The normalized spacial score (nSPS) is 11.2. The monoisotopic (exact) mass is 1340 g/mol. The summed E-state index contributed by atoms with van der Waals surface area (Å²) in [5.74, 6) is -9.97. The predicted molar refractivity (Wildman–Crippen MR) is 253 cm³/mol. The second-order valence-corrected chi connectivity index (χ2v) is 19.7. The van der Waals surface area contributed by atoms with E-state index in [1.807, 2.05) is 0 Å². The van der Waals surface area contributed by atoms with Crippen molar-refractivity contribution in [3.8, 4) is 0 Å². The minimum atomic E-state index is -5.17. The van der Waals surface area contributed by atoms with Gasteiger partial charge in [-0.15, -0.1) is 0 Å². The average molecular weight is 1340 g/mol. The molecule has 0 aliphatic rings. The predicted octanol–water partition coefficient (Wildman–Crippen LogP) is -26.5. The first kappa shape index (κ1) is 89.8. The Morgan fingerprint density at radius 2 is 0.919 bits per heavy atom. The van der Waals surface area contributed by atoms with Crippen LogP contribution in [0.15, 0.2) is 92.4 Å². The molecule has 6 aromatic rings. The fourth-order valence-electron chi connectivity index (χ4n) is 6.51. The van der Waals surface area contributed by atoms with Crippen LogP contribution in [0.3, 0.4) is 0 Å². The zero-order valence-electron chi connectivity index (χ0n) is 47.1. The largest absolute Gasteiger partial charge is 1.00 e. The summed E-state index contributed by atoms with van der Waals surface area (Å²) < 4.78 is 80.4. The van der Waals surface area contributed by atoms with Gasteiger partial charge in [0.25, 0.3) is 0 Å². The van der Waals surface area contributed by atoms with Crippen LogP contribution in [0.5, 0.6) is 0 Å². The summed E-state index contributed by atoms with van der Waals surface area (Å²) in [5.41, 5.74) is 2.70. The topological polar surface area (TPSA) is 507 Å². The summed E-state index contributed by atoms with van der Waals surface area (Å²) in [4.78, 5) is 69.3. The molecule has 412 valence electrons. The second-order valence-electron chi connectivity index (χ2n) is 15.4. The van der Waals surface area contributed by atoms with Gasteiger partial charge in [-0.1, -0.05) is 24.3 Å². The number of carbonyl (C=O) groups excluding carboxylic acids is 4. The quantitative estimate of drug-likeness (QED) is 0.00663. The van der Waals surface area contributed by atoms with Crippen LogP contribution >= 0.6 is 24.1 Å². The number of rotatable bonds is 28. The van der Waals surface area contributed by atoms with Crippen molar-refractivity contribution in [3.05, 3.63) is 95.1 Å². The summed E-state index contributed by atoms with van der Waals surface area (Å²) in [6.45, 7) is 3.49. The fraction of sp³-hybridized carbons (Fsp3) is 0.143. The number of nitrogens with one attached hydrogen (secondary N) is 6. The molecule has 4 aromatic carbocycles. The van der Waals surface area contributed by atoms with Gasteiger partial charge in [-0.05, 0) is 96.8 Å². The number of hydrogen-bond acceptors (Lipinski definition) is 34. The van der Waals surface area contributed by atoms with E-state index in [2.05, 4.69) is 80.5 Å². The van der Waals surface area contributed by atoms with E-state index in [-0.39, 0.29) is 264 Å². The number of aromatic nitrogens is 6. The van der Waals surface area contributed by atoms with Crippen molar-refractivity contribution in [1.29, 1.82) is 0 Å². The molecule has 86 heavy (non-hydrogen) atoms. The maximum Gasteiger partial charge on any atom is 1.00 e. The molecule has 0 radical (unpaired) electrons. The van der Waals surface area contributed by atoms with Gasteiger partial charge in [0.15, 0.2) is 0 Å². The average Bonchev–Trinajstić information content (AvgIpc) is 3.38. The molecule has 6 rings (SSSR count). The molecule has 32 nitrogen and oxygen atoms in total. The Balaban J connectivity index is -0.00000861. The van der Waals surface area contributed by atoms with Crippen LogP contribution in [0.1, 0.15) is 35.1 Å². The van der Waals surface area contributed by atoms with Crippen LogP contribution < -0.4 is 299 Å². The van der Waals surface area contributed by atoms with Gasteiger partial charge in [0.05, 0.1) is 74.2 Å². The molecular weight excluding hydrogens is 1300 g/mol. The summed E-state index contributed by atoms with van der Waals surface area (Å²) in [6, 6.07) is 11.9. The summed E-state index contributed by atoms with van der Waals surface area (Å²) in [7, 11) is -10.2. The Hall–Kier alpha value is -0.400. The molecule has 2 aromatic heterocycles. The minimum absolute atomic E-state index is 0. The van der Waals surface area contributed by atoms with E-state index in [1.165, 1.54) is 0 Å². The van der Waals surface area contributed by atoms with Crippen molar-refractivity contribution in [2.75, 3.05) is 31.9 Å². The van der Waals surface area contributed by atoms with Gasteiger partial charge in [0.2, 0.25) is 35.7 Å². The van der Waals surface area contributed by atoms with Gasteiger partial charge in [0.1, 0.15) is 20.2 Å². The zero-order chi connectivity index (χ0) is 56.9. The summed E-state index contributed by atoms with van der Waals surface area (Å²) in [6.07, 6.45) is 1.34. The van der Waals surface area contributed by atoms with Crippen molar-refractivity contribution in [2.24, 2.45) is 0 Å². The van der Waals surface area contributed by atoms with E-state index in [0.717, 1.165) is 36.4 Å². The maximum absolute atomic E-state index is 12.1. The van der Waals surface area contributed by atoms with E-state index < -0.39 is 108 Å². The van der Waals surface area contributed by atoms with E-state index in [4.69, 9.17) is 0 Å². The maximum atomic E-state index is 12.1. The van der Waals surface area contributed by atoms with Gasteiger partial charge in [-0.2, -0.15) is 38.6 Å². The van der Waals surface area contributed by atoms with Crippen LogP contribution in [0.2, 0.25) is 0 Å². The van der Waals surface area contributed by atoms with Crippen molar-refractivity contribution in [3.63, 3.8) is 0 Å². The van der Waals surface area contributed by atoms with Crippen LogP contribution in [0, 0.1) is 13.8 Å². The van der Waals surface area contributed by atoms with E-state index in [1.54, 1.807) is 62.4 Å². The van der Waals surface area contributed by atoms with Gasteiger partial charge in [-0.25, -0.2) is 16.8 Å². The number of benzene rings is 4. The molecule has 0 aliphatic heterocycles. The molecule has 2 heterocycles. The molecule has 0 saturated heterocycles. The Bertz CT molecular complexity index is 3550. The Kier molecular flexibility index (Phi) is 44.6. The number of carboxylic acids is 4. The Morgan fingerprint density at radius 1 is 0.512 bits per heavy atom. The molecule has 2 atom stereocenters. The minimum Gasteiger partial charge on any atom is -0.744 e. The number of anilines is 10. The molecular formula is C42H32N12Na8O20S4. The van der Waals surface area contributed by atoms with Gasteiger partial charge >= 0.3 is 236 Å². The smallest absolute Gasteiger partial charge is 0.744 e. The number of carbonyl (C=O) groups is 4.